The van der Waals surface area contributed by atoms with Crippen LogP contribution in [0.5, 0.6) is 0 Å². The predicted molar refractivity (Wildman–Crippen MR) is 66.3 cm³/mol. The molecule has 0 spiro atoms. The molecule has 2 atom stereocenters. The molecule has 5 nitrogen and oxygen atoms in total. The summed E-state index contributed by atoms with van der Waals surface area (Å²) in [7, 11) is 0. The first kappa shape index (κ1) is 11.7. The minimum Gasteiger partial charge on any atom is -0.481 e. The number of aliphatic carboxylic acids is 1. The highest BCUT2D eigenvalue weighted by atomic mass is 16.4. The molecule has 1 saturated heterocycles. The highest BCUT2D eigenvalue weighted by Crippen LogP contribution is 2.28. The second-order valence-corrected chi connectivity index (χ2v) is 5.29. The summed E-state index contributed by atoms with van der Waals surface area (Å²) in [5.41, 5.74) is 1.08. The summed E-state index contributed by atoms with van der Waals surface area (Å²) in [4.78, 5) is 15.6. The van der Waals surface area contributed by atoms with Gasteiger partial charge in [0, 0.05) is 24.9 Å². The Labute approximate surface area is 106 Å². The van der Waals surface area contributed by atoms with Gasteiger partial charge in [0.25, 0.3) is 0 Å². The number of rotatable bonds is 2. The van der Waals surface area contributed by atoms with E-state index in [1.807, 2.05) is 6.20 Å². The lowest BCUT2D eigenvalue weighted by molar-refractivity contribution is -0.142. The summed E-state index contributed by atoms with van der Waals surface area (Å²) in [6.07, 6.45) is 6.83. The molecule has 3 rings (SSSR count). The average molecular weight is 249 g/mol. The average Bonchev–Trinajstić information content (AvgIpc) is 2.82. The monoisotopic (exact) mass is 249 g/mol. The molecule has 5 heteroatoms. The van der Waals surface area contributed by atoms with Crippen LogP contribution < -0.4 is 5.32 Å². The molecule has 2 aliphatic heterocycles. The second-order valence-electron chi connectivity index (χ2n) is 5.29. The lowest BCUT2D eigenvalue weighted by Gasteiger charge is -2.27. The first-order chi connectivity index (χ1) is 8.75. The molecule has 0 aromatic carbocycles. The van der Waals surface area contributed by atoms with E-state index in [1.54, 1.807) is 0 Å². The third kappa shape index (κ3) is 2.03. The number of hydrogen-bond donors (Lipinski definition) is 2. The Hall–Kier alpha value is -1.36. The van der Waals surface area contributed by atoms with Crippen LogP contribution >= 0.6 is 0 Å². The van der Waals surface area contributed by atoms with Gasteiger partial charge in [0.2, 0.25) is 0 Å². The minimum absolute atomic E-state index is 0.235. The molecule has 1 fully saturated rings. The summed E-state index contributed by atoms with van der Waals surface area (Å²) in [5, 5.41) is 12.6. The van der Waals surface area contributed by atoms with E-state index >= 15 is 0 Å². The number of nitrogens with one attached hydrogen (secondary N) is 1. The maximum Gasteiger partial charge on any atom is 0.306 e. The highest BCUT2D eigenvalue weighted by molar-refractivity contribution is 5.70. The van der Waals surface area contributed by atoms with Crippen LogP contribution in [0.25, 0.3) is 0 Å². The Morgan fingerprint density at radius 1 is 1.44 bits per heavy atom. The minimum atomic E-state index is -0.681. The van der Waals surface area contributed by atoms with Crippen molar-refractivity contribution >= 4 is 5.97 Å². The van der Waals surface area contributed by atoms with Crippen molar-refractivity contribution in [3.63, 3.8) is 0 Å². The van der Waals surface area contributed by atoms with Gasteiger partial charge < -0.3 is 15.0 Å². The molecule has 2 unspecified atom stereocenters. The molecule has 0 aliphatic carbocycles. The molecule has 98 valence electrons. The van der Waals surface area contributed by atoms with Crippen molar-refractivity contribution in [1.29, 1.82) is 0 Å². The Balaban J connectivity index is 1.81. The fourth-order valence-electron chi connectivity index (χ4n) is 3.05. The zero-order valence-electron chi connectivity index (χ0n) is 10.4. The van der Waals surface area contributed by atoms with E-state index in [2.05, 4.69) is 14.9 Å². The lowest BCUT2D eigenvalue weighted by Crippen LogP contribution is -2.31. The quantitative estimate of drug-likeness (QED) is 0.830. The number of carboxylic acids is 1. The number of fused-ring (bicyclic) bond motifs is 1. The molecule has 0 radical (unpaired) electrons. The maximum absolute atomic E-state index is 11.0. The van der Waals surface area contributed by atoms with Crippen molar-refractivity contribution in [1.82, 2.24) is 14.9 Å². The van der Waals surface area contributed by atoms with E-state index < -0.39 is 5.97 Å². The summed E-state index contributed by atoms with van der Waals surface area (Å²) in [5.74, 6) is 0.190. The number of carboxylic acid groups (broad SMARTS) is 1. The van der Waals surface area contributed by atoms with Gasteiger partial charge in [-0.1, -0.05) is 6.42 Å². The number of nitrogens with zero attached hydrogens (tertiary/aromatic N) is 2. The van der Waals surface area contributed by atoms with Crippen LogP contribution in [0.15, 0.2) is 6.20 Å². The number of hydrogen-bond acceptors (Lipinski definition) is 3. The molecule has 1 aromatic heterocycles. The third-order valence-corrected chi connectivity index (χ3v) is 4.10. The Bertz CT molecular complexity index is 449. The van der Waals surface area contributed by atoms with E-state index in [-0.39, 0.29) is 5.92 Å². The molecule has 1 aromatic rings. The van der Waals surface area contributed by atoms with Crippen LogP contribution in [0.1, 0.15) is 43.2 Å². The van der Waals surface area contributed by atoms with Gasteiger partial charge in [0.15, 0.2) is 0 Å². The van der Waals surface area contributed by atoms with Crippen LogP contribution in [0.4, 0.5) is 0 Å². The molecule has 0 bridgehead atoms. The zero-order chi connectivity index (χ0) is 12.5. The standard InChI is InChI=1S/C13H19N3O2/c17-13(18)9-4-6-16-10(7-9)8-15-12(16)11-3-1-2-5-14-11/h8-9,11,14H,1-7H2,(H,17,18). The normalized spacial score (nSPS) is 27.8. The van der Waals surface area contributed by atoms with Crippen LogP contribution in [0.2, 0.25) is 0 Å². The summed E-state index contributed by atoms with van der Waals surface area (Å²) in [6.45, 7) is 1.85. The number of imidazole rings is 1. The van der Waals surface area contributed by atoms with Gasteiger partial charge in [-0.15, -0.1) is 0 Å². The number of aromatic nitrogens is 2. The molecule has 3 heterocycles. The van der Waals surface area contributed by atoms with Crippen molar-refractivity contribution in [3.05, 3.63) is 17.7 Å². The van der Waals surface area contributed by atoms with E-state index in [0.29, 0.717) is 12.5 Å². The van der Waals surface area contributed by atoms with Crippen molar-refractivity contribution in [2.75, 3.05) is 6.54 Å². The van der Waals surface area contributed by atoms with Gasteiger partial charge in [-0.25, -0.2) is 4.98 Å². The lowest BCUT2D eigenvalue weighted by atomic mass is 9.96. The van der Waals surface area contributed by atoms with Crippen LogP contribution in [-0.2, 0) is 17.8 Å². The van der Waals surface area contributed by atoms with Gasteiger partial charge >= 0.3 is 5.97 Å². The van der Waals surface area contributed by atoms with Crippen molar-refractivity contribution < 1.29 is 9.90 Å². The van der Waals surface area contributed by atoms with E-state index in [9.17, 15) is 4.79 Å². The summed E-state index contributed by atoms with van der Waals surface area (Å²) in [6, 6.07) is 0.355. The predicted octanol–water partition coefficient (Wildman–Crippen LogP) is 1.34. The molecule has 18 heavy (non-hydrogen) atoms. The maximum atomic E-state index is 11.0. The van der Waals surface area contributed by atoms with Crippen LogP contribution in [-0.4, -0.2) is 27.2 Å². The van der Waals surface area contributed by atoms with Crippen LogP contribution in [0.3, 0.4) is 0 Å². The van der Waals surface area contributed by atoms with Crippen molar-refractivity contribution in [2.24, 2.45) is 5.92 Å². The Morgan fingerprint density at radius 2 is 2.33 bits per heavy atom. The third-order valence-electron chi connectivity index (χ3n) is 4.10. The Morgan fingerprint density at radius 3 is 3.06 bits per heavy atom. The van der Waals surface area contributed by atoms with E-state index in [1.165, 1.54) is 12.8 Å². The number of carbonyl (C=O) groups is 1. The largest absolute Gasteiger partial charge is 0.481 e. The zero-order valence-corrected chi connectivity index (χ0v) is 10.4. The molecule has 2 N–H and O–H groups in total. The first-order valence-corrected chi connectivity index (χ1v) is 6.76. The van der Waals surface area contributed by atoms with Gasteiger partial charge in [0.05, 0.1) is 12.0 Å². The fraction of sp³-hybridized carbons (Fsp3) is 0.692. The molecule has 2 aliphatic rings. The van der Waals surface area contributed by atoms with Crippen molar-refractivity contribution in [2.45, 2.75) is 44.7 Å². The SMILES string of the molecule is O=C(O)C1CCn2c(cnc2C2CCCCN2)C1. The van der Waals surface area contributed by atoms with Gasteiger partial charge in [0.1, 0.15) is 5.82 Å². The molecular formula is C13H19N3O2. The topological polar surface area (TPSA) is 67.1 Å². The second kappa shape index (κ2) is 4.72. The molecule has 0 saturated carbocycles. The summed E-state index contributed by atoms with van der Waals surface area (Å²) >= 11 is 0. The van der Waals surface area contributed by atoms with E-state index in [4.69, 9.17) is 5.11 Å². The van der Waals surface area contributed by atoms with E-state index in [0.717, 1.165) is 37.4 Å². The van der Waals surface area contributed by atoms with Gasteiger partial charge in [-0.2, -0.15) is 0 Å². The van der Waals surface area contributed by atoms with Crippen LogP contribution in [0, 0.1) is 5.92 Å². The molecule has 0 amide bonds. The highest BCUT2D eigenvalue weighted by Gasteiger charge is 2.28. The number of piperidine rings is 1. The van der Waals surface area contributed by atoms with Gasteiger partial charge in [-0.05, 0) is 25.8 Å². The first-order valence-electron chi connectivity index (χ1n) is 6.76. The molecular weight excluding hydrogens is 230 g/mol. The van der Waals surface area contributed by atoms with Gasteiger partial charge in [-0.3, -0.25) is 4.79 Å². The van der Waals surface area contributed by atoms with Crippen molar-refractivity contribution in [3.8, 4) is 0 Å². The summed E-state index contributed by atoms with van der Waals surface area (Å²) < 4.78 is 2.22. The smallest absolute Gasteiger partial charge is 0.306 e. The Kier molecular flexibility index (Phi) is 3.07. The fourth-order valence-corrected chi connectivity index (χ4v) is 3.05.